The first-order chi connectivity index (χ1) is 13.7. The molecule has 0 unspecified atom stereocenters. The Morgan fingerprint density at radius 3 is 2.36 bits per heavy atom. The molecule has 1 aromatic heterocycles. The molecule has 0 bridgehead atoms. The van der Waals surface area contributed by atoms with Crippen LogP contribution in [0.4, 0.5) is 11.5 Å². The topological polar surface area (TPSA) is 64.6 Å². The highest BCUT2D eigenvalue weighted by Gasteiger charge is 2.14. The Bertz CT molecular complexity index is 933. The first kappa shape index (κ1) is 18.4. The van der Waals surface area contributed by atoms with Crippen molar-refractivity contribution in [1.82, 2.24) is 10.3 Å². The van der Waals surface area contributed by atoms with Gasteiger partial charge in [0, 0.05) is 35.5 Å². The largest absolute Gasteiger partial charge is 0.497 e. The number of fused-ring (bicyclic) bond motifs is 1. The van der Waals surface area contributed by atoms with E-state index < -0.39 is 0 Å². The van der Waals surface area contributed by atoms with Crippen LogP contribution in [0.1, 0.15) is 12.8 Å². The molecule has 1 aliphatic rings. The van der Waals surface area contributed by atoms with Crippen molar-refractivity contribution in [3.63, 3.8) is 0 Å². The van der Waals surface area contributed by atoms with Crippen molar-refractivity contribution in [2.24, 2.45) is 0 Å². The Morgan fingerprint density at radius 1 is 0.893 bits per heavy atom. The number of aromatic nitrogens is 1. The average molecular weight is 379 g/mol. The molecule has 1 saturated heterocycles. The molecule has 0 atom stereocenters. The second-order valence-electron chi connectivity index (χ2n) is 6.87. The zero-order valence-corrected chi connectivity index (χ0v) is 16.2. The molecule has 3 aromatic rings. The summed E-state index contributed by atoms with van der Waals surface area (Å²) in [4.78, 5) is 4.52. The number of nitrogens with one attached hydrogen (secondary N) is 2. The van der Waals surface area contributed by atoms with Crippen LogP contribution in [0.5, 0.6) is 17.2 Å². The normalized spacial score (nSPS) is 14.6. The number of nitrogens with zero attached hydrogens (tertiary/aromatic N) is 1. The van der Waals surface area contributed by atoms with Gasteiger partial charge in [0.15, 0.2) is 0 Å². The zero-order valence-electron chi connectivity index (χ0n) is 16.2. The van der Waals surface area contributed by atoms with E-state index >= 15 is 0 Å². The van der Waals surface area contributed by atoms with Crippen molar-refractivity contribution in [2.45, 2.75) is 18.9 Å². The van der Waals surface area contributed by atoms with E-state index in [0.717, 1.165) is 65.5 Å². The van der Waals surface area contributed by atoms with Gasteiger partial charge in [-0.25, -0.2) is 4.98 Å². The van der Waals surface area contributed by atoms with Crippen molar-refractivity contribution in [1.29, 1.82) is 0 Å². The average Bonchev–Trinajstić information content (AvgIpc) is 2.74. The van der Waals surface area contributed by atoms with E-state index in [1.54, 1.807) is 14.2 Å². The first-order valence-electron chi connectivity index (χ1n) is 9.51. The minimum Gasteiger partial charge on any atom is -0.497 e. The summed E-state index contributed by atoms with van der Waals surface area (Å²) in [6.07, 6.45) is 4.23. The Hall–Kier alpha value is -2.99. The molecule has 146 valence electrons. The monoisotopic (exact) mass is 379 g/mol. The molecule has 4 rings (SSSR count). The van der Waals surface area contributed by atoms with Gasteiger partial charge >= 0.3 is 0 Å². The maximum Gasteiger partial charge on any atom is 0.130 e. The lowest BCUT2D eigenvalue weighted by Crippen LogP contribution is -2.34. The molecular formula is C22H25N3O3. The van der Waals surface area contributed by atoms with E-state index in [2.05, 4.69) is 27.8 Å². The van der Waals surface area contributed by atoms with Gasteiger partial charge in [-0.15, -0.1) is 0 Å². The highest BCUT2D eigenvalue weighted by molar-refractivity contribution is 5.86. The number of pyridine rings is 1. The van der Waals surface area contributed by atoms with E-state index in [1.807, 2.05) is 36.5 Å². The molecule has 0 saturated carbocycles. The SMILES string of the molecule is COc1cc(Nc2cc3cc(OC4CCNCC4)ccc3cn2)cc(OC)c1. The Kier molecular flexibility index (Phi) is 5.48. The standard InChI is InChI=1S/C22H25N3O3/c1-26-20-11-17(12-21(13-20)27-2)25-22-10-16-9-19(4-3-15(16)14-24-22)28-18-5-7-23-8-6-18/h3-4,9-14,18,23H,5-8H2,1-2H3,(H,24,25). The highest BCUT2D eigenvalue weighted by Crippen LogP contribution is 2.29. The van der Waals surface area contributed by atoms with E-state index in [9.17, 15) is 0 Å². The van der Waals surface area contributed by atoms with Crippen LogP contribution >= 0.6 is 0 Å². The molecule has 1 fully saturated rings. The third kappa shape index (κ3) is 4.28. The van der Waals surface area contributed by atoms with Crippen molar-refractivity contribution in [2.75, 3.05) is 32.6 Å². The van der Waals surface area contributed by atoms with Gasteiger partial charge in [0.05, 0.1) is 14.2 Å². The molecule has 2 heterocycles. The Balaban J connectivity index is 1.56. The number of anilines is 2. The molecule has 0 spiro atoms. The van der Waals surface area contributed by atoms with Crippen molar-refractivity contribution < 1.29 is 14.2 Å². The van der Waals surface area contributed by atoms with Crippen LogP contribution in [0, 0.1) is 0 Å². The third-order valence-corrected chi connectivity index (χ3v) is 4.91. The molecule has 2 N–H and O–H groups in total. The minimum atomic E-state index is 0.280. The van der Waals surface area contributed by atoms with Crippen LogP contribution in [-0.4, -0.2) is 38.4 Å². The second kappa shape index (κ2) is 8.35. The summed E-state index contributed by atoms with van der Waals surface area (Å²) in [7, 11) is 3.27. The predicted octanol–water partition coefficient (Wildman–Crippen LogP) is 4.13. The fourth-order valence-electron chi connectivity index (χ4n) is 3.39. The van der Waals surface area contributed by atoms with E-state index in [1.165, 1.54) is 0 Å². The van der Waals surface area contributed by atoms with E-state index in [4.69, 9.17) is 14.2 Å². The number of piperidine rings is 1. The smallest absolute Gasteiger partial charge is 0.130 e. The molecule has 0 amide bonds. The van der Waals surface area contributed by atoms with Gasteiger partial charge in [-0.05, 0) is 55.6 Å². The minimum absolute atomic E-state index is 0.280. The van der Waals surface area contributed by atoms with Crippen molar-refractivity contribution >= 4 is 22.3 Å². The van der Waals surface area contributed by atoms with Crippen LogP contribution in [0.3, 0.4) is 0 Å². The third-order valence-electron chi connectivity index (χ3n) is 4.91. The predicted molar refractivity (Wildman–Crippen MR) is 111 cm³/mol. The Morgan fingerprint density at radius 2 is 1.64 bits per heavy atom. The first-order valence-corrected chi connectivity index (χ1v) is 9.51. The summed E-state index contributed by atoms with van der Waals surface area (Å²) in [6, 6.07) is 13.8. The quantitative estimate of drug-likeness (QED) is 0.672. The van der Waals surface area contributed by atoms with Gasteiger partial charge < -0.3 is 24.8 Å². The van der Waals surface area contributed by atoms with Gasteiger partial charge in [0.25, 0.3) is 0 Å². The summed E-state index contributed by atoms with van der Waals surface area (Å²) in [5, 5.41) is 8.85. The lowest BCUT2D eigenvalue weighted by molar-refractivity contribution is 0.162. The fourth-order valence-corrected chi connectivity index (χ4v) is 3.39. The van der Waals surface area contributed by atoms with Gasteiger partial charge in [0.1, 0.15) is 29.2 Å². The summed E-state index contributed by atoms with van der Waals surface area (Å²) >= 11 is 0. The highest BCUT2D eigenvalue weighted by atomic mass is 16.5. The van der Waals surface area contributed by atoms with Gasteiger partial charge in [-0.3, -0.25) is 0 Å². The lowest BCUT2D eigenvalue weighted by atomic mass is 10.1. The van der Waals surface area contributed by atoms with Gasteiger partial charge in [0.2, 0.25) is 0 Å². The van der Waals surface area contributed by atoms with Crippen LogP contribution < -0.4 is 24.8 Å². The van der Waals surface area contributed by atoms with Crippen LogP contribution in [0.25, 0.3) is 10.8 Å². The molecule has 6 nitrogen and oxygen atoms in total. The van der Waals surface area contributed by atoms with Crippen molar-refractivity contribution in [3.05, 3.63) is 48.7 Å². The van der Waals surface area contributed by atoms with Gasteiger partial charge in [-0.2, -0.15) is 0 Å². The van der Waals surface area contributed by atoms with Crippen molar-refractivity contribution in [3.8, 4) is 17.2 Å². The van der Waals surface area contributed by atoms with E-state index in [0.29, 0.717) is 0 Å². The van der Waals surface area contributed by atoms with Crippen LogP contribution in [-0.2, 0) is 0 Å². The number of benzene rings is 2. The summed E-state index contributed by atoms with van der Waals surface area (Å²) in [5.74, 6) is 3.10. The molecule has 0 radical (unpaired) electrons. The second-order valence-corrected chi connectivity index (χ2v) is 6.87. The molecule has 1 aliphatic heterocycles. The van der Waals surface area contributed by atoms with Crippen LogP contribution in [0.2, 0.25) is 0 Å². The number of hydrogen-bond acceptors (Lipinski definition) is 6. The van der Waals surface area contributed by atoms with Gasteiger partial charge in [-0.1, -0.05) is 0 Å². The molecular weight excluding hydrogens is 354 g/mol. The number of methoxy groups -OCH3 is 2. The maximum atomic E-state index is 6.17. The lowest BCUT2D eigenvalue weighted by Gasteiger charge is -2.24. The summed E-state index contributed by atoms with van der Waals surface area (Å²) in [6.45, 7) is 2.03. The number of rotatable bonds is 6. The maximum absolute atomic E-state index is 6.17. The molecule has 6 heteroatoms. The number of ether oxygens (including phenoxy) is 3. The molecule has 2 aromatic carbocycles. The summed E-state index contributed by atoms with van der Waals surface area (Å²) < 4.78 is 16.8. The summed E-state index contributed by atoms with van der Waals surface area (Å²) in [5.41, 5.74) is 0.852. The zero-order chi connectivity index (χ0) is 19.3. The molecule has 28 heavy (non-hydrogen) atoms. The Labute approximate surface area is 164 Å². The van der Waals surface area contributed by atoms with E-state index in [-0.39, 0.29) is 6.10 Å². The van der Waals surface area contributed by atoms with Crippen LogP contribution in [0.15, 0.2) is 48.7 Å². The molecule has 0 aliphatic carbocycles. The fraction of sp³-hybridized carbons (Fsp3) is 0.318. The number of hydrogen-bond donors (Lipinski definition) is 2.